The molecule has 102 valence electrons. The van der Waals surface area contributed by atoms with Crippen molar-refractivity contribution in [2.75, 3.05) is 20.2 Å². The van der Waals surface area contributed by atoms with E-state index in [2.05, 4.69) is 34.7 Å². The molecule has 1 aliphatic rings. The first kappa shape index (κ1) is 15.5. The van der Waals surface area contributed by atoms with Gasteiger partial charge in [0.2, 0.25) is 0 Å². The van der Waals surface area contributed by atoms with Crippen LogP contribution >= 0.6 is 15.9 Å². The Morgan fingerprint density at radius 1 is 1.17 bits per heavy atom. The average molecular weight is 314 g/mol. The maximum Gasteiger partial charge on any atom is 0.119 e. The monoisotopic (exact) mass is 313 g/mol. The van der Waals surface area contributed by atoms with Gasteiger partial charge in [-0.2, -0.15) is 0 Å². The lowest BCUT2D eigenvalue weighted by molar-refractivity contribution is 0.185. The fraction of sp³-hybridized carbons (Fsp3) is 0.600. The third-order valence-corrected chi connectivity index (χ3v) is 3.65. The van der Waals surface area contributed by atoms with Gasteiger partial charge in [0.25, 0.3) is 0 Å². The zero-order valence-corrected chi connectivity index (χ0v) is 13.2. The molecule has 3 heteroatoms. The molecule has 2 rings (SSSR count). The maximum absolute atomic E-state index is 4.96. The molecule has 0 aromatic heterocycles. The van der Waals surface area contributed by atoms with Gasteiger partial charge in [-0.15, -0.1) is 0 Å². The Bertz CT molecular complexity index is 335. The van der Waals surface area contributed by atoms with Crippen LogP contribution in [0.1, 0.15) is 33.1 Å². The van der Waals surface area contributed by atoms with Crippen LogP contribution in [0.4, 0.5) is 0 Å². The van der Waals surface area contributed by atoms with Crippen molar-refractivity contribution in [3.63, 3.8) is 0 Å². The fourth-order valence-corrected chi connectivity index (χ4v) is 2.41. The molecule has 1 fully saturated rings. The zero-order chi connectivity index (χ0) is 13.4. The summed E-state index contributed by atoms with van der Waals surface area (Å²) in [6, 6.07) is 8.49. The van der Waals surface area contributed by atoms with Gasteiger partial charge in [0.15, 0.2) is 0 Å². The van der Waals surface area contributed by atoms with Crippen molar-refractivity contribution in [2.45, 2.75) is 39.2 Å². The molecule has 0 radical (unpaired) electrons. The summed E-state index contributed by atoms with van der Waals surface area (Å²) in [5, 5.41) is 0. The number of ether oxygens (including phenoxy) is 1. The lowest BCUT2D eigenvalue weighted by Crippen LogP contribution is -2.35. The number of piperidine rings is 1. The Balaban J connectivity index is 0.000000180. The maximum atomic E-state index is 4.96. The highest BCUT2D eigenvalue weighted by molar-refractivity contribution is 9.10. The van der Waals surface area contributed by atoms with Crippen LogP contribution < -0.4 is 4.74 Å². The molecule has 0 spiro atoms. The number of halogens is 1. The summed E-state index contributed by atoms with van der Waals surface area (Å²) in [4.78, 5) is 2.56. The van der Waals surface area contributed by atoms with E-state index in [0.29, 0.717) is 0 Å². The van der Waals surface area contributed by atoms with Crippen LogP contribution in [0, 0.1) is 0 Å². The molecule has 18 heavy (non-hydrogen) atoms. The van der Waals surface area contributed by atoms with Crippen LogP contribution in [-0.2, 0) is 0 Å². The molecule has 2 nitrogen and oxygen atoms in total. The summed E-state index contributed by atoms with van der Waals surface area (Å²) in [5.74, 6) is 0.879. The normalized spacial score (nSPS) is 16.1. The molecule has 0 atom stereocenters. The number of benzene rings is 1. The molecule has 0 unspecified atom stereocenters. The van der Waals surface area contributed by atoms with E-state index < -0.39 is 0 Å². The molecule has 1 saturated heterocycles. The Morgan fingerprint density at radius 3 is 2.22 bits per heavy atom. The topological polar surface area (TPSA) is 12.5 Å². The summed E-state index contributed by atoms with van der Waals surface area (Å²) in [6.45, 7) is 7.23. The predicted octanol–water partition coefficient (Wildman–Crippen LogP) is 4.34. The van der Waals surface area contributed by atoms with E-state index in [1.807, 2.05) is 24.3 Å². The molecule has 1 heterocycles. The molecular weight excluding hydrogens is 290 g/mol. The molecule has 1 aromatic carbocycles. The number of rotatable bonds is 2. The predicted molar refractivity (Wildman–Crippen MR) is 81.3 cm³/mol. The third kappa shape index (κ3) is 5.87. The van der Waals surface area contributed by atoms with Crippen LogP contribution in [0.25, 0.3) is 0 Å². The van der Waals surface area contributed by atoms with E-state index >= 15 is 0 Å². The molecule has 0 amide bonds. The first-order valence-corrected chi connectivity index (χ1v) is 7.46. The summed E-state index contributed by atoms with van der Waals surface area (Å²) < 4.78 is 6.01. The van der Waals surface area contributed by atoms with Gasteiger partial charge in [-0.1, -0.05) is 28.4 Å². The minimum Gasteiger partial charge on any atom is -0.497 e. The second-order valence-corrected chi connectivity index (χ2v) is 5.77. The van der Waals surface area contributed by atoms with Gasteiger partial charge in [-0.25, -0.2) is 0 Å². The molecule has 0 bridgehead atoms. The lowest BCUT2D eigenvalue weighted by Gasteiger charge is -2.29. The van der Waals surface area contributed by atoms with Crippen LogP contribution in [0.5, 0.6) is 5.75 Å². The Morgan fingerprint density at radius 2 is 1.83 bits per heavy atom. The SMILES string of the molecule is CC(C)N1CCCCC1.COc1cccc(Br)c1. The number of methoxy groups -OCH3 is 1. The lowest BCUT2D eigenvalue weighted by atomic mass is 10.1. The minimum absolute atomic E-state index is 0.769. The largest absolute Gasteiger partial charge is 0.497 e. The fourth-order valence-electron chi connectivity index (χ4n) is 2.03. The molecule has 0 aliphatic carbocycles. The van der Waals surface area contributed by atoms with E-state index in [-0.39, 0.29) is 0 Å². The summed E-state index contributed by atoms with van der Waals surface area (Å²) in [7, 11) is 1.65. The van der Waals surface area contributed by atoms with Crippen molar-refractivity contribution in [3.8, 4) is 5.75 Å². The quantitative estimate of drug-likeness (QED) is 0.805. The summed E-state index contributed by atoms with van der Waals surface area (Å²) >= 11 is 3.32. The van der Waals surface area contributed by atoms with Crippen molar-refractivity contribution >= 4 is 15.9 Å². The standard InChI is InChI=1S/C8H17N.C7H7BrO/c1-8(2)9-6-4-3-5-7-9;1-9-7-4-2-3-6(8)5-7/h8H,3-7H2,1-2H3;2-5H,1H3. The van der Waals surface area contributed by atoms with Crippen LogP contribution in [0.2, 0.25) is 0 Å². The van der Waals surface area contributed by atoms with Crippen molar-refractivity contribution in [1.82, 2.24) is 4.90 Å². The van der Waals surface area contributed by atoms with Crippen molar-refractivity contribution in [3.05, 3.63) is 28.7 Å². The van der Waals surface area contributed by atoms with Gasteiger partial charge in [0.05, 0.1) is 7.11 Å². The number of likely N-dealkylation sites (tertiary alicyclic amines) is 1. The van der Waals surface area contributed by atoms with Crippen LogP contribution in [-0.4, -0.2) is 31.1 Å². The highest BCUT2D eigenvalue weighted by Gasteiger charge is 2.11. The molecule has 1 aromatic rings. The zero-order valence-electron chi connectivity index (χ0n) is 11.7. The van der Waals surface area contributed by atoms with Gasteiger partial charge >= 0.3 is 0 Å². The van der Waals surface area contributed by atoms with Gasteiger partial charge in [0, 0.05) is 10.5 Å². The van der Waals surface area contributed by atoms with Crippen molar-refractivity contribution < 1.29 is 4.74 Å². The Labute approximate surface area is 119 Å². The van der Waals surface area contributed by atoms with E-state index in [1.54, 1.807) is 7.11 Å². The van der Waals surface area contributed by atoms with Gasteiger partial charge in [0.1, 0.15) is 5.75 Å². The first-order chi connectivity index (χ1) is 8.63. The van der Waals surface area contributed by atoms with Crippen LogP contribution in [0.15, 0.2) is 28.7 Å². The van der Waals surface area contributed by atoms with Gasteiger partial charge in [-0.05, 0) is 58.0 Å². The highest BCUT2D eigenvalue weighted by Crippen LogP contribution is 2.16. The van der Waals surface area contributed by atoms with E-state index in [1.165, 1.54) is 32.4 Å². The second-order valence-electron chi connectivity index (χ2n) is 4.85. The molecule has 1 aliphatic heterocycles. The molecular formula is C15H24BrNO. The highest BCUT2D eigenvalue weighted by atomic mass is 79.9. The summed E-state index contributed by atoms with van der Waals surface area (Å²) in [5.41, 5.74) is 0. The van der Waals surface area contributed by atoms with E-state index in [4.69, 9.17) is 4.74 Å². The van der Waals surface area contributed by atoms with Gasteiger partial charge in [-0.3, -0.25) is 0 Å². The first-order valence-electron chi connectivity index (χ1n) is 6.67. The Hall–Kier alpha value is -0.540. The van der Waals surface area contributed by atoms with E-state index in [0.717, 1.165) is 16.3 Å². The molecule has 0 N–H and O–H groups in total. The Kier molecular flexibility index (Phi) is 7.36. The number of hydrogen-bond acceptors (Lipinski definition) is 2. The van der Waals surface area contributed by atoms with Crippen molar-refractivity contribution in [1.29, 1.82) is 0 Å². The van der Waals surface area contributed by atoms with Gasteiger partial charge < -0.3 is 9.64 Å². The van der Waals surface area contributed by atoms with E-state index in [9.17, 15) is 0 Å². The van der Waals surface area contributed by atoms with Crippen LogP contribution in [0.3, 0.4) is 0 Å². The van der Waals surface area contributed by atoms with Crippen molar-refractivity contribution in [2.24, 2.45) is 0 Å². The molecule has 0 saturated carbocycles. The average Bonchev–Trinajstić information content (AvgIpc) is 2.40. The third-order valence-electron chi connectivity index (χ3n) is 3.15. The number of hydrogen-bond donors (Lipinski definition) is 0. The minimum atomic E-state index is 0.769. The summed E-state index contributed by atoms with van der Waals surface area (Å²) in [6.07, 6.45) is 4.28. The second kappa shape index (κ2) is 8.54. The smallest absolute Gasteiger partial charge is 0.119 e. The number of nitrogens with zero attached hydrogens (tertiary/aromatic N) is 1.